The number of carbonyl (C=O) groups is 1. The summed E-state index contributed by atoms with van der Waals surface area (Å²) in [5.41, 5.74) is 0.616. The molecule has 1 aliphatic carbocycles. The molecular formula is C17H22N4O. The summed E-state index contributed by atoms with van der Waals surface area (Å²) < 4.78 is 1.80. The van der Waals surface area contributed by atoms with E-state index in [1.165, 1.54) is 19.3 Å². The van der Waals surface area contributed by atoms with Crippen LogP contribution in [0.25, 0.3) is 5.82 Å². The van der Waals surface area contributed by atoms with Crippen molar-refractivity contribution in [2.24, 2.45) is 0 Å². The zero-order valence-corrected chi connectivity index (χ0v) is 13.0. The van der Waals surface area contributed by atoms with Gasteiger partial charge in [-0.3, -0.25) is 9.36 Å². The normalized spacial score (nSPS) is 17.1. The molecule has 22 heavy (non-hydrogen) atoms. The molecule has 1 N–H and O–H groups in total. The lowest BCUT2D eigenvalue weighted by Gasteiger charge is -2.37. The highest BCUT2D eigenvalue weighted by Gasteiger charge is 2.31. The fourth-order valence-corrected chi connectivity index (χ4v) is 3.20. The van der Waals surface area contributed by atoms with E-state index in [9.17, 15) is 4.79 Å². The fraction of sp³-hybridized carbons (Fsp3) is 0.471. The molecule has 0 bridgehead atoms. The molecule has 5 heteroatoms. The van der Waals surface area contributed by atoms with Crippen molar-refractivity contribution < 1.29 is 4.79 Å². The van der Waals surface area contributed by atoms with Gasteiger partial charge in [-0.2, -0.15) is 0 Å². The van der Waals surface area contributed by atoms with Crippen LogP contribution in [0.3, 0.4) is 0 Å². The van der Waals surface area contributed by atoms with Gasteiger partial charge in [0.2, 0.25) is 0 Å². The minimum Gasteiger partial charge on any atom is -0.347 e. The molecule has 1 aliphatic rings. The Morgan fingerprint density at radius 3 is 2.82 bits per heavy atom. The van der Waals surface area contributed by atoms with Gasteiger partial charge < -0.3 is 5.32 Å². The molecule has 1 saturated carbocycles. The summed E-state index contributed by atoms with van der Waals surface area (Å²) in [7, 11) is 0. The van der Waals surface area contributed by atoms with Crippen LogP contribution in [0.15, 0.2) is 37.1 Å². The first-order valence-electron chi connectivity index (χ1n) is 7.99. The highest BCUT2D eigenvalue weighted by atomic mass is 16.1. The molecule has 0 saturated heterocycles. The molecule has 0 atom stereocenters. The van der Waals surface area contributed by atoms with E-state index in [-0.39, 0.29) is 11.4 Å². The van der Waals surface area contributed by atoms with Gasteiger partial charge in [-0.05, 0) is 31.4 Å². The largest absolute Gasteiger partial charge is 0.347 e. The first-order chi connectivity index (χ1) is 10.7. The molecule has 1 amide bonds. The maximum Gasteiger partial charge on any atom is 0.251 e. The molecule has 0 aromatic carbocycles. The van der Waals surface area contributed by atoms with Gasteiger partial charge in [-0.15, -0.1) is 0 Å². The molecule has 0 aliphatic heterocycles. The van der Waals surface area contributed by atoms with Crippen LogP contribution < -0.4 is 5.32 Å². The second kappa shape index (κ2) is 6.30. The molecule has 0 spiro atoms. The van der Waals surface area contributed by atoms with Crippen molar-refractivity contribution in [3.63, 3.8) is 0 Å². The van der Waals surface area contributed by atoms with Gasteiger partial charge in [0.15, 0.2) is 0 Å². The Morgan fingerprint density at radius 2 is 2.14 bits per heavy atom. The lowest BCUT2D eigenvalue weighted by Crippen LogP contribution is -2.49. The van der Waals surface area contributed by atoms with Crippen LogP contribution in [-0.2, 0) is 0 Å². The third-order valence-electron chi connectivity index (χ3n) is 4.64. The second-order valence-electron chi connectivity index (χ2n) is 6.02. The molecule has 2 heterocycles. The van der Waals surface area contributed by atoms with Crippen LogP contribution in [0, 0.1) is 0 Å². The Labute approximate surface area is 130 Å². The number of nitrogens with zero attached hydrogens (tertiary/aromatic N) is 3. The molecule has 2 aromatic rings. The van der Waals surface area contributed by atoms with E-state index in [0.717, 1.165) is 19.3 Å². The molecule has 2 aromatic heterocycles. The van der Waals surface area contributed by atoms with Gasteiger partial charge in [0, 0.05) is 29.7 Å². The number of aromatic nitrogens is 3. The Morgan fingerprint density at radius 1 is 1.32 bits per heavy atom. The number of amides is 1. The van der Waals surface area contributed by atoms with E-state index in [2.05, 4.69) is 22.2 Å². The fourth-order valence-electron chi connectivity index (χ4n) is 3.20. The van der Waals surface area contributed by atoms with Gasteiger partial charge >= 0.3 is 0 Å². The van der Waals surface area contributed by atoms with Crippen LogP contribution >= 0.6 is 0 Å². The summed E-state index contributed by atoms with van der Waals surface area (Å²) in [6.07, 6.45) is 13.7. The van der Waals surface area contributed by atoms with E-state index >= 15 is 0 Å². The number of carbonyl (C=O) groups excluding carboxylic acids is 1. The maximum absolute atomic E-state index is 12.6. The average Bonchev–Trinajstić information content (AvgIpc) is 3.10. The minimum atomic E-state index is -0.0340. The molecule has 3 rings (SSSR count). The lowest BCUT2D eigenvalue weighted by atomic mass is 9.79. The summed E-state index contributed by atoms with van der Waals surface area (Å²) in [4.78, 5) is 20.9. The molecular weight excluding hydrogens is 276 g/mol. The van der Waals surface area contributed by atoms with E-state index in [1.807, 2.05) is 12.3 Å². The quantitative estimate of drug-likeness (QED) is 0.943. The minimum absolute atomic E-state index is 0.00693. The van der Waals surface area contributed by atoms with Crippen LogP contribution in [0.2, 0.25) is 0 Å². The first kappa shape index (κ1) is 14.8. The summed E-state index contributed by atoms with van der Waals surface area (Å²) in [6, 6.07) is 3.57. The maximum atomic E-state index is 12.6. The summed E-state index contributed by atoms with van der Waals surface area (Å²) >= 11 is 0. The van der Waals surface area contributed by atoms with Crippen molar-refractivity contribution in [3.8, 4) is 5.82 Å². The zero-order chi connectivity index (χ0) is 15.4. The second-order valence-corrected chi connectivity index (χ2v) is 6.02. The standard InChI is InChI=1S/C17H22N4O/c1-2-17(7-4-3-5-8-17)20-16(22)14-6-9-19-15(12-14)21-11-10-18-13-21/h6,9-13H,2-5,7-8H2,1H3,(H,20,22). The predicted molar refractivity (Wildman–Crippen MR) is 84.9 cm³/mol. The van der Waals surface area contributed by atoms with Crippen molar-refractivity contribution >= 4 is 5.91 Å². The van der Waals surface area contributed by atoms with E-state index in [0.29, 0.717) is 11.4 Å². The summed E-state index contributed by atoms with van der Waals surface area (Å²) in [5.74, 6) is 0.701. The molecule has 116 valence electrons. The average molecular weight is 298 g/mol. The van der Waals surface area contributed by atoms with Gasteiger partial charge in [0.05, 0.1) is 0 Å². The smallest absolute Gasteiger partial charge is 0.251 e. The number of hydrogen-bond acceptors (Lipinski definition) is 3. The van der Waals surface area contributed by atoms with Crippen molar-refractivity contribution in [3.05, 3.63) is 42.6 Å². The predicted octanol–water partition coefficient (Wildman–Crippen LogP) is 3.11. The Kier molecular flexibility index (Phi) is 4.22. The zero-order valence-electron chi connectivity index (χ0n) is 13.0. The number of rotatable bonds is 4. The van der Waals surface area contributed by atoms with Gasteiger partial charge in [-0.25, -0.2) is 9.97 Å². The van der Waals surface area contributed by atoms with Crippen LogP contribution in [-0.4, -0.2) is 26.0 Å². The van der Waals surface area contributed by atoms with E-state index in [4.69, 9.17) is 0 Å². The van der Waals surface area contributed by atoms with Gasteiger partial charge in [0.25, 0.3) is 5.91 Å². The van der Waals surface area contributed by atoms with Crippen molar-refractivity contribution in [2.45, 2.75) is 51.0 Å². The number of imidazole rings is 1. The van der Waals surface area contributed by atoms with Crippen molar-refractivity contribution in [1.82, 2.24) is 19.9 Å². The Bertz CT molecular complexity index is 630. The Hall–Kier alpha value is -2.17. The topological polar surface area (TPSA) is 59.8 Å². The van der Waals surface area contributed by atoms with E-state index < -0.39 is 0 Å². The van der Waals surface area contributed by atoms with E-state index in [1.54, 1.807) is 29.4 Å². The highest BCUT2D eigenvalue weighted by Crippen LogP contribution is 2.31. The lowest BCUT2D eigenvalue weighted by molar-refractivity contribution is 0.0864. The molecule has 0 radical (unpaired) electrons. The summed E-state index contributed by atoms with van der Waals surface area (Å²) in [5, 5.41) is 3.28. The van der Waals surface area contributed by atoms with Crippen LogP contribution in [0.4, 0.5) is 0 Å². The monoisotopic (exact) mass is 298 g/mol. The van der Waals surface area contributed by atoms with Gasteiger partial charge in [0.1, 0.15) is 12.1 Å². The highest BCUT2D eigenvalue weighted by molar-refractivity contribution is 5.95. The van der Waals surface area contributed by atoms with Crippen LogP contribution in [0.5, 0.6) is 0 Å². The first-order valence-corrected chi connectivity index (χ1v) is 7.99. The Balaban J connectivity index is 1.79. The third-order valence-corrected chi connectivity index (χ3v) is 4.64. The molecule has 0 unspecified atom stereocenters. The van der Waals surface area contributed by atoms with Gasteiger partial charge in [-0.1, -0.05) is 26.2 Å². The SMILES string of the molecule is CCC1(NC(=O)c2ccnc(-n3ccnc3)c2)CCCCC1. The number of hydrogen-bond donors (Lipinski definition) is 1. The number of nitrogens with one attached hydrogen (secondary N) is 1. The number of pyridine rings is 1. The van der Waals surface area contributed by atoms with Crippen molar-refractivity contribution in [2.75, 3.05) is 0 Å². The van der Waals surface area contributed by atoms with Crippen LogP contribution in [0.1, 0.15) is 55.8 Å². The molecule has 1 fully saturated rings. The third kappa shape index (κ3) is 3.03. The molecule has 5 nitrogen and oxygen atoms in total. The summed E-state index contributed by atoms with van der Waals surface area (Å²) in [6.45, 7) is 2.16. The van der Waals surface area contributed by atoms with Crippen molar-refractivity contribution in [1.29, 1.82) is 0 Å².